The first-order chi connectivity index (χ1) is 9.40. The quantitative estimate of drug-likeness (QED) is 0.573. The van der Waals surface area contributed by atoms with Crippen molar-refractivity contribution in [2.24, 2.45) is 0 Å². The highest BCUT2D eigenvalue weighted by Crippen LogP contribution is 2.27. The third-order valence-corrected chi connectivity index (χ3v) is 4.19. The van der Waals surface area contributed by atoms with E-state index in [4.69, 9.17) is 9.47 Å². The van der Waals surface area contributed by atoms with Gasteiger partial charge in [0.25, 0.3) is 0 Å². The Kier molecular flexibility index (Phi) is 6.80. The SMILES string of the molecule is CC(C)OC(=O)CC[PH](=O)c1ccccc1OC(C)C. The first kappa shape index (κ1) is 16.8. The Labute approximate surface area is 121 Å². The van der Waals surface area contributed by atoms with Gasteiger partial charge in [-0.1, -0.05) is 12.1 Å². The Hall–Kier alpha value is -1.28. The van der Waals surface area contributed by atoms with Crippen molar-refractivity contribution in [2.75, 3.05) is 6.16 Å². The second-order valence-electron chi connectivity index (χ2n) is 5.12. The van der Waals surface area contributed by atoms with Crippen LogP contribution in [0.3, 0.4) is 0 Å². The Bertz CT molecular complexity index is 469. The predicted molar refractivity (Wildman–Crippen MR) is 81.6 cm³/mol. The molecule has 0 saturated carbocycles. The van der Waals surface area contributed by atoms with Crippen molar-refractivity contribution in [3.05, 3.63) is 24.3 Å². The van der Waals surface area contributed by atoms with Crippen LogP contribution in [0.4, 0.5) is 0 Å². The van der Waals surface area contributed by atoms with E-state index in [1.807, 2.05) is 32.0 Å². The minimum Gasteiger partial charge on any atom is -0.490 e. The van der Waals surface area contributed by atoms with Gasteiger partial charge in [0.15, 0.2) is 0 Å². The van der Waals surface area contributed by atoms with E-state index in [1.54, 1.807) is 19.9 Å². The number of hydrogen-bond donors (Lipinski definition) is 0. The highest BCUT2D eigenvalue weighted by atomic mass is 31.1. The summed E-state index contributed by atoms with van der Waals surface area (Å²) in [6.07, 6.45) is 0.374. The Morgan fingerprint density at radius 1 is 1.15 bits per heavy atom. The molecule has 0 saturated heterocycles. The molecular weight excluding hydrogens is 275 g/mol. The molecule has 0 spiro atoms. The number of carbonyl (C=O) groups is 1. The van der Waals surface area contributed by atoms with Gasteiger partial charge >= 0.3 is 5.97 Å². The van der Waals surface area contributed by atoms with Crippen molar-refractivity contribution in [1.82, 2.24) is 0 Å². The van der Waals surface area contributed by atoms with E-state index in [2.05, 4.69) is 0 Å². The second-order valence-corrected chi connectivity index (χ2v) is 7.01. The molecule has 1 aromatic carbocycles. The molecule has 0 bridgehead atoms. The van der Waals surface area contributed by atoms with E-state index in [1.165, 1.54) is 0 Å². The smallest absolute Gasteiger partial charge is 0.306 e. The lowest BCUT2D eigenvalue weighted by Crippen LogP contribution is -2.14. The fourth-order valence-corrected chi connectivity index (χ4v) is 3.13. The Balaban J connectivity index is 2.66. The zero-order valence-electron chi connectivity index (χ0n) is 12.5. The summed E-state index contributed by atoms with van der Waals surface area (Å²) in [7, 11) is -2.05. The molecule has 0 N–H and O–H groups in total. The van der Waals surface area contributed by atoms with Crippen LogP contribution >= 0.6 is 7.80 Å². The van der Waals surface area contributed by atoms with Crippen molar-refractivity contribution in [2.45, 2.75) is 46.3 Å². The van der Waals surface area contributed by atoms with Gasteiger partial charge in [0.2, 0.25) is 0 Å². The van der Waals surface area contributed by atoms with Gasteiger partial charge in [0.1, 0.15) is 13.6 Å². The van der Waals surface area contributed by atoms with E-state index in [0.29, 0.717) is 17.2 Å². The first-order valence-electron chi connectivity index (χ1n) is 6.88. The molecule has 0 aliphatic heterocycles. The maximum absolute atomic E-state index is 12.3. The fourth-order valence-electron chi connectivity index (χ4n) is 1.73. The van der Waals surface area contributed by atoms with Crippen LogP contribution in [-0.2, 0) is 14.1 Å². The highest BCUT2D eigenvalue weighted by molar-refractivity contribution is 7.53. The molecule has 5 heteroatoms. The molecule has 0 radical (unpaired) electrons. The fraction of sp³-hybridized carbons (Fsp3) is 0.533. The van der Waals surface area contributed by atoms with Crippen LogP contribution in [0.25, 0.3) is 0 Å². The maximum Gasteiger partial charge on any atom is 0.306 e. The van der Waals surface area contributed by atoms with Crippen LogP contribution in [0, 0.1) is 0 Å². The van der Waals surface area contributed by atoms with Gasteiger partial charge in [-0.3, -0.25) is 4.79 Å². The number of para-hydroxylation sites is 1. The molecule has 4 nitrogen and oxygen atoms in total. The van der Waals surface area contributed by atoms with Crippen molar-refractivity contribution in [1.29, 1.82) is 0 Å². The normalized spacial score (nSPS) is 12.5. The zero-order valence-corrected chi connectivity index (χ0v) is 13.5. The lowest BCUT2D eigenvalue weighted by molar-refractivity contribution is -0.146. The summed E-state index contributed by atoms with van der Waals surface area (Å²) in [5.74, 6) is 0.337. The van der Waals surface area contributed by atoms with E-state index in [9.17, 15) is 9.36 Å². The molecule has 1 atom stereocenters. The van der Waals surface area contributed by atoms with Gasteiger partial charge < -0.3 is 14.0 Å². The van der Waals surface area contributed by atoms with Crippen LogP contribution in [-0.4, -0.2) is 24.3 Å². The summed E-state index contributed by atoms with van der Waals surface area (Å²) in [5, 5.41) is 0.698. The van der Waals surface area contributed by atoms with Gasteiger partial charge in [0.05, 0.1) is 23.9 Å². The average Bonchev–Trinajstić information content (AvgIpc) is 2.35. The lowest BCUT2D eigenvalue weighted by atomic mass is 10.3. The number of rotatable bonds is 7. The molecule has 0 fully saturated rings. The minimum absolute atomic E-state index is 0.0249. The van der Waals surface area contributed by atoms with Crippen LogP contribution in [0.5, 0.6) is 5.75 Å². The molecule has 0 aliphatic rings. The van der Waals surface area contributed by atoms with Gasteiger partial charge in [-0.15, -0.1) is 0 Å². The monoisotopic (exact) mass is 298 g/mol. The van der Waals surface area contributed by atoms with Crippen molar-refractivity contribution >= 4 is 19.1 Å². The van der Waals surface area contributed by atoms with Crippen molar-refractivity contribution in [3.8, 4) is 5.75 Å². The van der Waals surface area contributed by atoms with Gasteiger partial charge in [-0.05, 0) is 39.8 Å². The second kappa shape index (κ2) is 8.11. The molecule has 112 valence electrons. The number of hydrogen-bond acceptors (Lipinski definition) is 4. The van der Waals surface area contributed by atoms with Crippen LogP contribution < -0.4 is 10.0 Å². The van der Waals surface area contributed by atoms with E-state index < -0.39 is 7.80 Å². The zero-order chi connectivity index (χ0) is 15.1. The number of carbonyl (C=O) groups excluding carboxylic acids is 1. The summed E-state index contributed by atoms with van der Waals surface area (Å²) in [4.78, 5) is 11.5. The summed E-state index contributed by atoms with van der Waals surface area (Å²) in [6.45, 7) is 7.45. The molecule has 0 aliphatic carbocycles. The maximum atomic E-state index is 12.3. The topological polar surface area (TPSA) is 52.6 Å². The third-order valence-electron chi connectivity index (χ3n) is 2.47. The standard InChI is InChI=1S/C15H23O4P/c1-11(2)18-13-7-5-6-8-14(13)20(17)10-9-15(16)19-12(3)4/h5-8,11-12,20H,9-10H2,1-4H3. The van der Waals surface area contributed by atoms with Gasteiger partial charge in [0, 0.05) is 6.16 Å². The van der Waals surface area contributed by atoms with E-state index >= 15 is 0 Å². The summed E-state index contributed by atoms with van der Waals surface area (Å²) in [5.41, 5.74) is 0. The summed E-state index contributed by atoms with van der Waals surface area (Å²) < 4.78 is 23.0. The van der Waals surface area contributed by atoms with E-state index in [0.717, 1.165) is 0 Å². The molecule has 0 aromatic heterocycles. The van der Waals surface area contributed by atoms with Crippen molar-refractivity contribution < 1.29 is 18.8 Å². The highest BCUT2D eigenvalue weighted by Gasteiger charge is 2.14. The number of benzene rings is 1. The van der Waals surface area contributed by atoms with Crippen LogP contribution in [0.15, 0.2) is 24.3 Å². The average molecular weight is 298 g/mol. The number of ether oxygens (including phenoxy) is 2. The van der Waals surface area contributed by atoms with Crippen molar-refractivity contribution in [3.63, 3.8) is 0 Å². The minimum atomic E-state index is -2.05. The van der Waals surface area contributed by atoms with Crippen LogP contribution in [0.2, 0.25) is 0 Å². The Morgan fingerprint density at radius 2 is 1.80 bits per heavy atom. The number of esters is 1. The molecule has 1 unspecified atom stereocenters. The van der Waals surface area contributed by atoms with E-state index in [-0.39, 0.29) is 24.6 Å². The molecule has 1 rings (SSSR count). The molecule has 20 heavy (non-hydrogen) atoms. The first-order valence-corrected chi connectivity index (χ1v) is 8.50. The molecule has 0 heterocycles. The largest absolute Gasteiger partial charge is 0.490 e. The third kappa shape index (κ3) is 5.79. The van der Waals surface area contributed by atoms with Gasteiger partial charge in [-0.25, -0.2) is 0 Å². The molecular formula is C15H23O4P. The summed E-state index contributed by atoms with van der Waals surface area (Å²) in [6, 6.07) is 7.29. The predicted octanol–water partition coefficient (Wildman–Crippen LogP) is 3.00. The lowest BCUT2D eigenvalue weighted by Gasteiger charge is -2.14. The molecule has 1 aromatic rings. The molecule has 0 amide bonds. The Morgan fingerprint density at radius 3 is 2.40 bits per heavy atom. The van der Waals surface area contributed by atoms with Gasteiger partial charge in [-0.2, -0.15) is 0 Å². The van der Waals surface area contributed by atoms with Crippen LogP contribution in [0.1, 0.15) is 34.1 Å². The summed E-state index contributed by atoms with van der Waals surface area (Å²) >= 11 is 0.